The first-order chi connectivity index (χ1) is 6.61. The third-order valence-electron chi connectivity index (χ3n) is 1.63. The number of carbonyl (C=O) groups is 1. The molecule has 2 nitrogen and oxygen atoms in total. The average Bonchev–Trinajstić information content (AvgIpc) is 2.01. The maximum Gasteiger partial charge on any atom is 0.310 e. The van der Waals surface area contributed by atoms with E-state index in [1.54, 1.807) is 25.1 Å². The smallest absolute Gasteiger partial charge is 0.310 e. The van der Waals surface area contributed by atoms with Gasteiger partial charge in [0.15, 0.2) is 0 Å². The molecule has 2 radical (unpaired) electrons. The van der Waals surface area contributed by atoms with Crippen molar-refractivity contribution < 1.29 is 9.53 Å². The summed E-state index contributed by atoms with van der Waals surface area (Å²) in [7, 11) is 5.57. The number of benzene rings is 1. The molecular weight excluding hydrogens is 198 g/mol. The van der Waals surface area contributed by atoms with Gasteiger partial charge in [-0.05, 0) is 18.6 Å². The molecule has 0 aliphatic rings. The maximum absolute atomic E-state index is 11.1. The molecule has 0 N–H and O–H groups in total. The van der Waals surface area contributed by atoms with Crippen molar-refractivity contribution in [1.29, 1.82) is 0 Å². The summed E-state index contributed by atoms with van der Waals surface area (Å²) < 4.78 is 4.80. The predicted octanol–water partition coefficient (Wildman–Crippen LogP) is 1.24. The Labute approximate surface area is 89.6 Å². The Balaban J connectivity index is 2.71. The van der Waals surface area contributed by atoms with Crippen LogP contribution in [0.4, 0.5) is 0 Å². The second kappa shape index (κ2) is 5.06. The Kier molecular flexibility index (Phi) is 4.02. The van der Waals surface area contributed by atoms with Gasteiger partial charge in [-0.1, -0.05) is 29.2 Å². The fourth-order valence-corrected chi connectivity index (χ4v) is 1.42. The standard InChI is InChI=1S/C10H10BClO2/c1-2-14-10(13)5-7-3-8(11)6-9(12)4-7/h3-4,6H,2,5H2,1H3. The van der Waals surface area contributed by atoms with Crippen LogP contribution in [0.5, 0.6) is 0 Å². The number of rotatable bonds is 3. The molecule has 0 heterocycles. The second-order valence-electron chi connectivity index (χ2n) is 2.87. The number of hydrogen-bond acceptors (Lipinski definition) is 2. The summed E-state index contributed by atoms with van der Waals surface area (Å²) >= 11 is 5.78. The van der Waals surface area contributed by atoms with E-state index in [0.29, 0.717) is 17.1 Å². The molecule has 1 aromatic carbocycles. The van der Waals surface area contributed by atoms with E-state index in [2.05, 4.69) is 0 Å². The van der Waals surface area contributed by atoms with Crippen molar-refractivity contribution in [2.45, 2.75) is 13.3 Å². The van der Waals surface area contributed by atoms with Gasteiger partial charge in [-0.3, -0.25) is 4.79 Å². The lowest BCUT2D eigenvalue weighted by atomic mass is 9.94. The summed E-state index contributed by atoms with van der Waals surface area (Å²) in [6, 6.07) is 5.05. The molecule has 0 fully saturated rings. The predicted molar refractivity (Wildman–Crippen MR) is 57.2 cm³/mol. The normalized spacial score (nSPS) is 9.86. The molecule has 1 aromatic rings. The van der Waals surface area contributed by atoms with Gasteiger partial charge < -0.3 is 4.74 Å². The summed E-state index contributed by atoms with van der Waals surface area (Å²) in [6.07, 6.45) is 0.207. The molecule has 4 heteroatoms. The van der Waals surface area contributed by atoms with E-state index in [1.807, 2.05) is 0 Å². The van der Waals surface area contributed by atoms with Crippen LogP contribution >= 0.6 is 11.6 Å². The third kappa shape index (κ3) is 3.42. The summed E-state index contributed by atoms with van der Waals surface area (Å²) in [5.74, 6) is -0.269. The molecule has 0 bridgehead atoms. The highest BCUT2D eigenvalue weighted by molar-refractivity contribution is 6.36. The molecule has 0 aromatic heterocycles. The van der Waals surface area contributed by atoms with Gasteiger partial charge >= 0.3 is 5.97 Å². The highest BCUT2D eigenvalue weighted by Crippen LogP contribution is 2.09. The zero-order chi connectivity index (χ0) is 10.6. The van der Waals surface area contributed by atoms with Gasteiger partial charge in [-0.25, -0.2) is 0 Å². The first-order valence-electron chi connectivity index (χ1n) is 4.32. The highest BCUT2D eigenvalue weighted by Gasteiger charge is 2.04. The summed E-state index contributed by atoms with van der Waals surface area (Å²) in [6.45, 7) is 2.15. The van der Waals surface area contributed by atoms with Crippen molar-refractivity contribution in [2.24, 2.45) is 0 Å². The van der Waals surface area contributed by atoms with Gasteiger partial charge in [-0.2, -0.15) is 0 Å². The van der Waals surface area contributed by atoms with Crippen molar-refractivity contribution in [2.75, 3.05) is 6.61 Å². The van der Waals surface area contributed by atoms with Crippen molar-refractivity contribution in [3.63, 3.8) is 0 Å². The fraction of sp³-hybridized carbons (Fsp3) is 0.300. The Bertz CT molecular complexity index is 319. The van der Waals surface area contributed by atoms with Crippen LogP contribution in [0.25, 0.3) is 0 Å². The van der Waals surface area contributed by atoms with E-state index in [4.69, 9.17) is 24.2 Å². The van der Waals surface area contributed by atoms with Crippen LogP contribution in [0.1, 0.15) is 12.5 Å². The average molecular weight is 208 g/mol. The van der Waals surface area contributed by atoms with Gasteiger partial charge in [0.2, 0.25) is 0 Å². The van der Waals surface area contributed by atoms with Gasteiger partial charge in [0.25, 0.3) is 0 Å². The number of ether oxygens (including phenoxy) is 1. The van der Waals surface area contributed by atoms with Crippen LogP contribution in [0, 0.1) is 0 Å². The lowest BCUT2D eigenvalue weighted by Gasteiger charge is -2.04. The minimum absolute atomic E-state index is 0.207. The minimum Gasteiger partial charge on any atom is -0.466 e. The molecule has 0 unspecified atom stereocenters. The van der Waals surface area contributed by atoms with E-state index in [9.17, 15) is 4.79 Å². The van der Waals surface area contributed by atoms with Crippen molar-refractivity contribution in [3.05, 3.63) is 28.8 Å². The molecule has 72 valence electrons. The van der Waals surface area contributed by atoms with E-state index < -0.39 is 0 Å². The quantitative estimate of drug-likeness (QED) is 0.552. The molecule has 14 heavy (non-hydrogen) atoms. The van der Waals surface area contributed by atoms with Crippen molar-refractivity contribution in [3.8, 4) is 0 Å². The monoisotopic (exact) mass is 208 g/mol. The van der Waals surface area contributed by atoms with Gasteiger partial charge in [-0.15, -0.1) is 0 Å². The van der Waals surface area contributed by atoms with Crippen molar-refractivity contribution >= 4 is 30.9 Å². The summed E-state index contributed by atoms with van der Waals surface area (Å²) in [4.78, 5) is 11.1. The Morgan fingerprint density at radius 1 is 1.50 bits per heavy atom. The lowest BCUT2D eigenvalue weighted by Crippen LogP contribution is -2.10. The molecule has 0 amide bonds. The zero-order valence-corrected chi connectivity index (χ0v) is 8.67. The number of halogens is 1. The van der Waals surface area contributed by atoms with Crippen LogP contribution < -0.4 is 5.46 Å². The molecule has 0 spiro atoms. The van der Waals surface area contributed by atoms with E-state index in [-0.39, 0.29) is 12.4 Å². The van der Waals surface area contributed by atoms with Crippen LogP contribution in [0.3, 0.4) is 0 Å². The molecule has 0 saturated heterocycles. The highest BCUT2D eigenvalue weighted by atomic mass is 35.5. The minimum atomic E-state index is -0.269. The molecular formula is C10H10BClO2. The molecule has 0 aliphatic heterocycles. The Morgan fingerprint density at radius 3 is 2.79 bits per heavy atom. The van der Waals surface area contributed by atoms with E-state index >= 15 is 0 Å². The number of hydrogen-bond donors (Lipinski definition) is 0. The van der Waals surface area contributed by atoms with Crippen LogP contribution in [0.15, 0.2) is 18.2 Å². The van der Waals surface area contributed by atoms with Gasteiger partial charge in [0, 0.05) is 5.02 Å². The van der Waals surface area contributed by atoms with Crippen molar-refractivity contribution in [1.82, 2.24) is 0 Å². The van der Waals surface area contributed by atoms with E-state index in [0.717, 1.165) is 5.56 Å². The molecule has 0 atom stereocenters. The van der Waals surface area contributed by atoms with Crippen LogP contribution in [-0.2, 0) is 16.0 Å². The fourth-order valence-electron chi connectivity index (χ4n) is 1.16. The van der Waals surface area contributed by atoms with Crippen LogP contribution in [0.2, 0.25) is 5.02 Å². The Morgan fingerprint density at radius 2 is 2.21 bits per heavy atom. The van der Waals surface area contributed by atoms with E-state index in [1.165, 1.54) is 0 Å². The second-order valence-corrected chi connectivity index (χ2v) is 3.31. The summed E-state index contributed by atoms with van der Waals surface area (Å²) in [5.41, 5.74) is 1.32. The van der Waals surface area contributed by atoms with Crippen LogP contribution in [-0.4, -0.2) is 20.4 Å². The topological polar surface area (TPSA) is 26.3 Å². The maximum atomic E-state index is 11.1. The molecule has 0 aliphatic carbocycles. The zero-order valence-electron chi connectivity index (χ0n) is 7.92. The SMILES string of the molecule is [B]c1cc(Cl)cc(CC(=O)OCC)c1. The number of esters is 1. The Hall–Kier alpha value is -0.955. The summed E-state index contributed by atoms with van der Waals surface area (Å²) in [5, 5.41) is 0.532. The molecule has 1 rings (SSSR count). The number of carbonyl (C=O) groups excluding carboxylic acids is 1. The largest absolute Gasteiger partial charge is 0.466 e. The first kappa shape index (κ1) is 11.1. The lowest BCUT2D eigenvalue weighted by molar-refractivity contribution is -0.142. The first-order valence-corrected chi connectivity index (χ1v) is 4.70. The molecule has 0 saturated carbocycles. The van der Waals surface area contributed by atoms with Gasteiger partial charge in [0.05, 0.1) is 13.0 Å². The third-order valence-corrected chi connectivity index (χ3v) is 1.85. The van der Waals surface area contributed by atoms with Gasteiger partial charge in [0.1, 0.15) is 7.85 Å².